The molecule has 0 bridgehead atoms. The number of fused-ring (bicyclic) bond motifs is 6. The average Bonchev–Trinajstić information content (AvgIpc) is 1.55. The van der Waals surface area contributed by atoms with E-state index in [-0.39, 0.29) is 10.8 Å². The predicted molar refractivity (Wildman–Crippen MR) is 397 cm³/mol. The van der Waals surface area contributed by atoms with E-state index in [2.05, 4.69) is 399 Å². The highest BCUT2D eigenvalue weighted by Gasteiger charge is 2.37. The highest BCUT2D eigenvalue weighted by Crippen LogP contribution is 2.54. The molecule has 0 saturated carbocycles. The van der Waals surface area contributed by atoms with Gasteiger partial charge in [0, 0.05) is 79.1 Å². The number of hydrogen-bond acceptors (Lipinski definition) is 4. The summed E-state index contributed by atoms with van der Waals surface area (Å²) in [5.41, 5.74) is 29.9. The van der Waals surface area contributed by atoms with E-state index < -0.39 is 0 Å². The first-order valence-electron chi connectivity index (χ1n) is 32.6. The van der Waals surface area contributed by atoms with Crippen LogP contribution in [0.25, 0.3) is 55.6 Å². The molecule has 0 saturated heterocycles. The summed E-state index contributed by atoms with van der Waals surface area (Å²) in [5.74, 6) is 0. The largest absolute Gasteiger partial charge is 0.310 e. The molecule has 0 aliphatic heterocycles. The molecule has 0 radical (unpaired) electrons. The zero-order valence-electron chi connectivity index (χ0n) is 53.3. The Labute approximate surface area is 552 Å². The van der Waals surface area contributed by atoms with Crippen molar-refractivity contribution in [1.29, 1.82) is 0 Å². The molecule has 14 aromatic carbocycles. The number of rotatable bonds is 15. The normalized spacial score (nSPS) is 12.9. The van der Waals surface area contributed by atoms with E-state index in [1.54, 1.807) is 0 Å². The summed E-state index contributed by atoms with van der Waals surface area (Å²) in [6.07, 6.45) is 0. The van der Waals surface area contributed by atoms with Crippen molar-refractivity contribution in [2.75, 3.05) is 19.6 Å². The maximum atomic E-state index is 2.43. The molecule has 0 unspecified atom stereocenters. The summed E-state index contributed by atoms with van der Waals surface area (Å²) in [6, 6.07) is 129. The van der Waals surface area contributed by atoms with Crippen LogP contribution in [0.4, 0.5) is 68.2 Å². The van der Waals surface area contributed by atoms with Crippen molar-refractivity contribution >= 4 is 68.2 Å². The first-order valence-corrected chi connectivity index (χ1v) is 32.6. The van der Waals surface area contributed by atoms with Crippen molar-refractivity contribution in [2.45, 2.75) is 38.5 Å². The van der Waals surface area contributed by atoms with Crippen LogP contribution in [0.3, 0.4) is 0 Å². The molecular formula is C90H70N4. The third-order valence-corrected chi connectivity index (χ3v) is 19.3. The summed E-state index contributed by atoms with van der Waals surface area (Å²) in [7, 11) is 0. The van der Waals surface area contributed by atoms with Gasteiger partial charge in [-0.2, -0.15) is 0 Å². The molecule has 4 nitrogen and oxygen atoms in total. The Hall–Kier alpha value is -11.7. The van der Waals surface area contributed by atoms with Gasteiger partial charge in [0.05, 0.1) is 0 Å². The van der Waals surface area contributed by atoms with Gasteiger partial charge in [-0.25, -0.2) is 0 Å². The third kappa shape index (κ3) is 10.4. The number of benzene rings is 14. The number of nitrogens with zero attached hydrogens (tertiary/aromatic N) is 4. The number of anilines is 12. The highest BCUT2D eigenvalue weighted by molar-refractivity contribution is 5.93. The molecule has 2 aliphatic carbocycles. The van der Waals surface area contributed by atoms with E-state index in [1.165, 1.54) is 44.5 Å². The van der Waals surface area contributed by atoms with Crippen molar-refractivity contribution in [2.24, 2.45) is 0 Å². The van der Waals surface area contributed by atoms with Crippen molar-refractivity contribution < 1.29 is 0 Å². The van der Waals surface area contributed by atoms with Crippen LogP contribution in [-0.4, -0.2) is 0 Å². The van der Waals surface area contributed by atoms with Crippen LogP contribution in [0.1, 0.15) is 49.9 Å². The van der Waals surface area contributed by atoms with Crippen LogP contribution in [0.15, 0.2) is 352 Å². The van der Waals surface area contributed by atoms with E-state index in [4.69, 9.17) is 0 Å². The molecule has 0 aromatic heterocycles. The monoisotopic (exact) mass is 1210 g/mol. The fraction of sp³-hybridized carbons (Fsp3) is 0.0667. The fourth-order valence-electron chi connectivity index (χ4n) is 14.7. The van der Waals surface area contributed by atoms with Gasteiger partial charge in [0.2, 0.25) is 0 Å². The third-order valence-electron chi connectivity index (χ3n) is 19.3. The Morgan fingerprint density at radius 3 is 0.660 bits per heavy atom. The smallest absolute Gasteiger partial charge is 0.0488 e. The standard InChI is InChI=1S/C90H70N4/c1-89(2)85-41-25-23-39-81(85)83-61-75(51-53-87(83)89)93(73-35-19-9-20-36-73)79-57-67(55-77(59-79)91(69-27-11-5-12-28-69)70-29-13-6-14-30-70)65-47-43-63(44-48-65)64-45-49-66(50-46-64)68-56-78(92(71-31-15-7-16-32-71)72-33-17-8-18-34-72)60-80(58-68)94(74-37-21-10-22-38-74)76-52-54-88-84(62-76)82-40-24-26-42-86(82)90(88,3)4/h5-62H,1-4H3. The quantitative estimate of drug-likeness (QED) is 0.101. The molecule has 94 heavy (non-hydrogen) atoms. The molecule has 0 amide bonds. The SMILES string of the molecule is CC1(C)c2ccccc2-c2cc(N(c3ccccc3)c3cc(-c4ccc(-c5ccc(-c6cc(N(c7ccccc7)c7ccccc7)cc(N(c7ccccc7)c7ccc8c(c7)-c7ccccc7C8(C)C)c6)cc5)cc4)cc(N(c4ccccc4)c4ccccc4)c3)ccc21. The van der Waals surface area contributed by atoms with Crippen LogP contribution in [-0.2, 0) is 10.8 Å². The first kappa shape index (κ1) is 57.4. The van der Waals surface area contributed by atoms with Crippen LogP contribution < -0.4 is 19.6 Å². The van der Waals surface area contributed by atoms with Gasteiger partial charge in [-0.05, 0) is 211 Å². The summed E-state index contributed by atoms with van der Waals surface area (Å²) < 4.78 is 0. The Bertz CT molecular complexity index is 4650. The maximum Gasteiger partial charge on any atom is 0.0488 e. The Morgan fingerprint density at radius 2 is 0.383 bits per heavy atom. The van der Waals surface area contributed by atoms with Crippen molar-refractivity contribution in [3.63, 3.8) is 0 Å². The predicted octanol–water partition coefficient (Wildman–Crippen LogP) is 25.2. The lowest BCUT2D eigenvalue weighted by molar-refractivity contribution is 0.660. The van der Waals surface area contributed by atoms with Gasteiger partial charge in [0.15, 0.2) is 0 Å². The summed E-state index contributed by atoms with van der Waals surface area (Å²) in [4.78, 5) is 9.60. The molecular weight excluding hydrogens is 1140 g/mol. The Morgan fingerprint density at radius 1 is 0.160 bits per heavy atom. The second-order valence-corrected chi connectivity index (χ2v) is 25.8. The lowest BCUT2D eigenvalue weighted by Gasteiger charge is -2.31. The molecule has 0 atom stereocenters. The van der Waals surface area contributed by atoms with Crippen LogP contribution in [0, 0.1) is 0 Å². The van der Waals surface area contributed by atoms with E-state index in [1.807, 2.05) is 0 Å². The molecule has 14 aromatic rings. The summed E-state index contributed by atoms with van der Waals surface area (Å²) >= 11 is 0. The molecule has 2 aliphatic rings. The number of para-hydroxylation sites is 6. The topological polar surface area (TPSA) is 13.0 Å². The van der Waals surface area contributed by atoms with Crippen molar-refractivity contribution in [1.82, 2.24) is 0 Å². The van der Waals surface area contributed by atoms with Gasteiger partial charge >= 0.3 is 0 Å². The molecule has 0 heterocycles. The van der Waals surface area contributed by atoms with Gasteiger partial charge in [-0.15, -0.1) is 0 Å². The Balaban J connectivity index is 0.805. The van der Waals surface area contributed by atoms with Gasteiger partial charge in [-0.1, -0.05) is 246 Å². The second kappa shape index (κ2) is 23.8. The minimum atomic E-state index is -0.110. The zero-order valence-corrected chi connectivity index (χ0v) is 53.3. The van der Waals surface area contributed by atoms with Crippen molar-refractivity contribution in [3.8, 4) is 55.6 Å². The molecule has 16 rings (SSSR count). The number of hydrogen-bond donors (Lipinski definition) is 0. The van der Waals surface area contributed by atoms with Crippen LogP contribution in [0.5, 0.6) is 0 Å². The van der Waals surface area contributed by atoms with Gasteiger partial charge in [0.1, 0.15) is 0 Å². The van der Waals surface area contributed by atoms with Gasteiger partial charge in [0.25, 0.3) is 0 Å². The zero-order chi connectivity index (χ0) is 63.3. The van der Waals surface area contributed by atoms with E-state index in [0.29, 0.717) is 0 Å². The molecule has 450 valence electrons. The average molecular weight is 1210 g/mol. The first-order chi connectivity index (χ1) is 46.1. The van der Waals surface area contributed by atoms with Gasteiger partial charge < -0.3 is 19.6 Å². The van der Waals surface area contributed by atoms with E-state index >= 15 is 0 Å². The van der Waals surface area contributed by atoms with Crippen LogP contribution in [0.2, 0.25) is 0 Å². The summed E-state index contributed by atoms with van der Waals surface area (Å²) in [6.45, 7) is 9.40. The second-order valence-electron chi connectivity index (χ2n) is 25.8. The molecule has 0 N–H and O–H groups in total. The lowest BCUT2D eigenvalue weighted by Crippen LogP contribution is -2.16. The highest BCUT2D eigenvalue weighted by atomic mass is 15.2. The van der Waals surface area contributed by atoms with E-state index in [9.17, 15) is 0 Å². The fourth-order valence-corrected chi connectivity index (χ4v) is 14.7. The van der Waals surface area contributed by atoms with Gasteiger partial charge in [-0.3, -0.25) is 0 Å². The minimum absolute atomic E-state index is 0.110. The lowest BCUT2D eigenvalue weighted by atomic mass is 9.82. The summed E-state index contributed by atoms with van der Waals surface area (Å²) in [5, 5.41) is 0. The molecule has 0 spiro atoms. The molecule has 4 heteroatoms. The Kier molecular flexibility index (Phi) is 14.6. The maximum absolute atomic E-state index is 2.43. The minimum Gasteiger partial charge on any atom is -0.310 e. The molecule has 0 fully saturated rings. The van der Waals surface area contributed by atoms with Crippen molar-refractivity contribution in [3.05, 3.63) is 374 Å². The van der Waals surface area contributed by atoms with Crippen LogP contribution >= 0.6 is 0 Å². The van der Waals surface area contributed by atoms with E-state index in [0.717, 1.165) is 102 Å².